The highest BCUT2D eigenvalue weighted by Crippen LogP contribution is 2.40. The van der Waals surface area contributed by atoms with Crippen LogP contribution in [-0.4, -0.2) is 49.4 Å². The largest absolute Gasteiger partial charge is 0.412 e. The fourth-order valence-corrected chi connectivity index (χ4v) is 5.19. The minimum absolute atomic E-state index is 0.0711. The molecule has 2 fully saturated rings. The molecule has 0 bridgehead atoms. The molecular weight excluding hydrogens is 378 g/mol. The summed E-state index contributed by atoms with van der Waals surface area (Å²) in [6, 6.07) is 7.62. The number of nitrogens with zero attached hydrogens (tertiary/aromatic N) is 3. The van der Waals surface area contributed by atoms with Crippen LogP contribution < -0.4 is 0 Å². The van der Waals surface area contributed by atoms with Crippen molar-refractivity contribution in [2.45, 2.75) is 64.0 Å². The zero-order chi connectivity index (χ0) is 20.0. The normalized spacial score (nSPS) is 22.9. The lowest BCUT2D eigenvalue weighted by molar-refractivity contribution is 0.148. The number of hydrogen-bond acceptors (Lipinski definition) is 3. The highest BCUT2D eigenvalue weighted by molar-refractivity contribution is 6.74. The molecule has 1 aromatic carbocycles. The predicted octanol–water partition coefficient (Wildman–Crippen LogP) is 4.61. The molecule has 0 unspecified atom stereocenters. The van der Waals surface area contributed by atoms with E-state index in [1.54, 1.807) is 12.1 Å². The quantitative estimate of drug-likeness (QED) is 0.687. The van der Waals surface area contributed by atoms with Crippen LogP contribution in [0.3, 0.4) is 0 Å². The van der Waals surface area contributed by atoms with Crippen molar-refractivity contribution >= 4 is 25.9 Å². The monoisotopic (exact) mass is 405 g/mol. The summed E-state index contributed by atoms with van der Waals surface area (Å²) in [5, 5.41) is 9.59. The van der Waals surface area contributed by atoms with E-state index in [1.165, 1.54) is 0 Å². The van der Waals surface area contributed by atoms with Crippen LogP contribution in [-0.2, 0) is 11.0 Å². The number of rotatable bonds is 4. The number of carbonyl (C=O) groups excluding carboxylic acids is 1. The number of carbonyl (C=O) groups is 1. The summed E-state index contributed by atoms with van der Waals surface area (Å²) in [7, 11) is -1.87. The van der Waals surface area contributed by atoms with Crippen LogP contribution in [0.25, 0.3) is 0 Å². The molecule has 2 heterocycles. The van der Waals surface area contributed by atoms with E-state index < -0.39 is 8.32 Å². The Kier molecular flexibility index (Phi) is 5.32. The fourth-order valence-electron chi connectivity index (χ4n) is 3.56. The average molecular weight is 406 g/mol. The van der Waals surface area contributed by atoms with Gasteiger partial charge in [0.15, 0.2) is 8.32 Å². The molecule has 5 nitrogen and oxygen atoms in total. The second kappa shape index (κ2) is 7.12. The molecule has 0 aliphatic carbocycles. The molecule has 7 heteroatoms. The van der Waals surface area contributed by atoms with Crippen molar-refractivity contribution in [2.24, 2.45) is 0 Å². The second-order valence-electron chi connectivity index (χ2n) is 9.06. The first-order valence-corrected chi connectivity index (χ1v) is 12.7. The van der Waals surface area contributed by atoms with E-state index in [1.807, 2.05) is 15.9 Å². The first-order valence-electron chi connectivity index (χ1n) is 9.45. The van der Waals surface area contributed by atoms with Crippen LogP contribution in [0.5, 0.6) is 0 Å². The van der Waals surface area contributed by atoms with Gasteiger partial charge in [-0.25, -0.2) is 4.79 Å². The standard InChI is InChI=1S/C20H28ClN3O2Si/c1-20(2,3)27(4,5)26-18-8-9-24-17(18)13-23(19(24)25)12-14-6-7-15(11-22)16(21)10-14/h6-7,10,17-18H,8-9,12-13H2,1-5H3/t17-,18+/m1/s1. The van der Waals surface area contributed by atoms with Crippen LogP contribution in [0.4, 0.5) is 4.79 Å². The minimum atomic E-state index is -1.87. The number of hydrogen-bond donors (Lipinski definition) is 0. The summed E-state index contributed by atoms with van der Waals surface area (Å²) >= 11 is 6.13. The maximum Gasteiger partial charge on any atom is 0.320 e. The van der Waals surface area contributed by atoms with Crippen molar-refractivity contribution in [1.82, 2.24) is 9.80 Å². The van der Waals surface area contributed by atoms with Gasteiger partial charge in [-0.2, -0.15) is 5.26 Å². The number of benzene rings is 1. The van der Waals surface area contributed by atoms with Crippen LogP contribution >= 0.6 is 11.6 Å². The Labute approximate surface area is 168 Å². The summed E-state index contributed by atoms with van der Waals surface area (Å²) < 4.78 is 6.63. The third-order valence-electron chi connectivity index (χ3n) is 6.19. The van der Waals surface area contributed by atoms with Gasteiger partial charge >= 0.3 is 6.03 Å². The molecule has 27 heavy (non-hydrogen) atoms. The van der Waals surface area contributed by atoms with Crippen LogP contribution in [0.1, 0.15) is 38.3 Å². The van der Waals surface area contributed by atoms with Crippen molar-refractivity contribution in [3.8, 4) is 6.07 Å². The molecule has 0 saturated carbocycles. The number of amides is 2. The number of nitriles is 1. The van der Waals surface area contributed by atoms with Gasteiger partial charge in [0.25, 0.3) is 0 Å². The van der Waals surface area contributed by atoms with Crippen molar-refractivity contribution in [3.05, 3.63) is 34.3 Å². The van der Waals surface area contributed by atoms with Crippen molar-refractivity contribution < 1.29 is 9.22 Å². The molecular formula is C20H28ClN3O2Si. The van der Waals surface area contributed by atoms with Gasteiger partial charge in [-0.05, 0) is 42.2 Å². The molecule has 2 amide bonds. The van der Waals surface area contributed by atoms with Crippen molar-refractivity contribution in [3.63, 3.8) is 0 Å². The van der Waals surface area contributed by atoms with Gasteiger partial charge in [0.05, 0.1) is 22.7 Å². The van der Waals surface area contributed by atoms with E-state index in [0.717, 1.165) is 18.5 Å². The van der Waals surface area contributed by atoms with E-state index in [0.29, 0.717) is 23.7 Å². The molecule has 0 spiro atoms. The summed E-state index contributed by atoms with van der Waals surface area (Å²) in [6.45, 7) is 13.2. The molecule has 3 rings (SSSR count). The Morgan fingerprint density at radius 1 is 1.37 bits per heavy atom. The van der Waals surface area contributed by atoms with Gasteiger partial charge in [-0.1, -0.05) is 38.4 Å². The lowest BCUT2D eigenvalue weighted by Crippen LogP contribution is -2.47. The maximum absolute atomic E-state index is 12.8. The van der Waals surface area contributed by atoms with Gasteiger partial charge in [0, 0.05) is 19.6 Å². The lowest BCUT2D eigenvalue weighted by atomic mass is 10.1. The summed E-state index contributed by atoms with van der Waals surface area (Å²) in [5.74, 6) is 0. The number of halogens is 1. The van der Waals surface area contributed by atoms with E-state index >= 15 is 0 Å². The molecule has 0 N–H and O–H groups in total. The summed E-state index contributed by atoms with van der Waals surface area (Å²) in [5.41, 5.74) is 1.40. The second-order valence-corrected chi connectivity index (χ2v) is 14.2. The van der Waals surface area contributed by atoms with E-state index in [-0.39, 0.29) is 23.2 Å². The summed E-state index contributed by atoms with van der Waals surface area (Å²) in [4.78, 5) is 16.7. The summed E-state index contributed by atoms with van der Waals surface area (Å²) in [6.07, 6.45) is 1.03. The number of urea groups is 1. The van der Waals surface area contributed by atoms with Crippen LogP contribution in [0.2, 0.25) is 23.2 Å². The zero-order valence-corrected chi connectivity index (χ0v) is 18.5. The van der Waals surface area contributed by atoms with Crippen LogP contribution in [0, 0.1) is 11.3 Å². The molecule has 2 aliphatic rings. The van der Waals surface area contributed by atoms with Crippen molar-refractivity contribution in [2.75, 3.05) is 13.1 Å². The highest BCUT2D eigenvalue weighted by Gasteiger charge is 2.49. The Balaban J connectivity index is 1.70. The number of fused-ring (bicyclic) bond motifs is 1. The maximum atomic E-state index is 12.8. The minimum Gasteiger partial charge on any atom is -0.412 e. The zero-order valence-electron chi connectivity index (χ0n) is 16.8. The van der Waals surface area contributed by atoms with Gasteiger partial charge in [0.1, 0.15) is 6.07 Å². The molecule has 1 aromatic rings. The van der Waals surface area contributed by atoms with E-state index in [2.05, 4.69) is 39.9 Å². The van der Waals surface area contributed by atoms with E-state index in [9.17, 15) is 4.79 Å². The van der Waals surface area contributed by atoms with Gasteiger partial charge in [-0.3, -0.25) is 0 Å². The fraction of sp³-hybridized carbons (Fsp3) is 0.600. The predicted molar refractivity (Wildman–Crippen MR) is 109 cm³/mol. The Bertz CT molecular complexity index is 784. The van der Waals surface area contributed by atoms with Gasteiger partial charge in [0.2, 0.25) is 0 Å². The average Bonchev–Trinajstić information content (AvgIpc) is 3.08. The topological polar surface area (TPSA) is 56.6 Å². The molecule has 2 saturated heterocycles. The Hall–Kier alpha value is -1.55. The van der Waals surface area contributed by atoms with Gasteiger partial charge in [-0.15, -0.1) is 0 Å². The third-order valence-corrected chi connectivity index (χ3v) is 11.0. The first-order chi connectivity index (χ1) is 12.5. The van der Waals surface area contributed by atoms with Crippen molar-refractivity contribution in [1.29, 1.82) is 5.26 Å². The molecule has 146 valence electrons. The first kappa shape index (κ1) is 20.2. The molecule has 2 atom stereocenters. The molecule has 2 aliphatic heterocycles. The van der Waals surface area contributed by atoms with Crippen LogP contribution in [0.15, 0.2) is 18.2 Å². The lowest BCUT2D eigenvalue weighted by Gasteiger charge is -2.39. The Morgan fingerprint density at radius 3 is 2.67 bits per heavy atom. The smallest absolute Gasteiger partial charge is 0.320 e. The van der Waals surface area contributed by atoms with Gasteiger partial charge < -0.3 is 14.2 Å². The molecule has 0 aromatic heterocycles. The Morgan fingerprint density at radius 2 is 2.07 bits per heavy atom. The molecule has 0 radical (unpaired) electrons. The highest BCUT2D eigenvalue weighted by atomic mass is 35.5. The van der Waals surface area contributed by atoms with E-state index in [4.69, 9.17) is 21.3 Å². The third kappa shape index (κ3) is 3.87. The SMILES string of the molecule is CC(C)(C)[Si](C)(C)O[C@H]1CCN2C(=O)N(Cc3ccc(C#N)c(Cl)c3)C[C@H]12.